The van der Waals surface area contributed by atoms with Crippen molar-refractivity contribution < 1.29 is 23.8 Å². The van der Waals surface area contributed by atoms with Crippen LogP contribution in [-0.4, -0.2) is 58.2 Å². The fraction of sp³-hybridized carbons (Fsp3) is 0.269. The van der Waals surface area contributed by atoms with Crippen LogP contribution in [0, 0.1) is 0 Å². The summed E-state index contributed by atoms with van der Waals surface area (Å²) in [5, 5.41) is 4.85. The van der Waals surface area contributed by atoms with Crippen molar-refractivity contribution in [2.75, 3.05) is 27.1 Å². The number of ketones is 2. The first-order chi connectivity index (χ1) is 17.5. The number of hydrogen-bond donors (Lipinski definition) is 0. The molecule has 2 aromatic carbocycles. The monoisotopic (exact) mass is 504 g/mol. The van der Waals surface area contributed by atoms with Crippen LogP contribution in [0.2, 0.25) is 0 Å². The predicted octanol–water partition coefficient (Wildman–Crippen LogP) is 4.04. The molecule has 2 heterocycles. The Labute approximate surface area is 211 Å². The van der Waals surface area contributed by atoms with Gasteiger partial charge >= 0.3 is 0 Å². The molecule has 1 aliphatic carbocycles. The topological polar surface area (TPSA) is 105 Å². The van der Waals surface area contributed by atoms with Gasteiger partial charge in [-0.25, -0.2) is 9.50 Å². The summed E-state index contributed by atoms with van der Waals surface area (Å²) < 4.78 is 17.9. The van der Waals surface area contributed by atoms with Gasteiger partial charge in [-0.05, 0) is 30.0 Å². The fourth-order valence-corrected chi connectivity index (χ4v) is 5.05. The van der Waals surface area contributed by atoms with Gasteiger partial charge in [0.1, 0.15) is 0 Å². The SMILES string of the molecule is COc1cc([C@@H]2CC(=O)c3cn4nc(SCC(=O)c5ccccc5)nc4nc3C2)cc(OC)c1OC. The van der Waals surface area contributed by atoms with Crippen molar-refractivity contribution in [2.45, 2.75) is 23.9 Å². The zero-order valence-electron chi connectivity index (χ0n) is 20.1. The normalized spacial score (nSPS) is 15.0. The van der Waals surface area contributed by atoms with Crippen LogP contribution in [0.15, 0.2) is 53.8 Å². The van der Waals surface area contributed by atoms with Crippen molar-refractivity contribution in [2.24, 2.45) is 0 Å². The second kappa shape index (κ2) is 9.98. The summed E-state index contributed by atoms with van der Waals surface area (Å²) in [6.07, 6.45) is 2.56. The number of benzene rings is 2. The molecule has 0 unspecified atom stereocenters. The molecule has 184 valence electrons. The van der Waals surface area contributed by atoms with Crippen molar-refractivity contribution in [3.05, 3.63) is 71.0 Å². The predicted molar refractivity (Wildman–Crippen MR) is 134 cm³/mol. The zero-order chi connectivity index (χ0) is 25.2. The molecule has 0 aliphatic heterocycles. The standard InChI is InChI=1S/C26H24N4O5S/c1-33-22-11-17(12-23(34-2)24(22)35-3)16-9-19-18(20(31)10-16)13-30-25(27-19)28-26(29-30)36-14-21(32)15-7-5-4-6-8-15/h4-8,11-13,16H,9-10,14H2,1-3H3/t16-/m0/s1. The highest BCUT2D eigenvalue weighted by Crippen LogP contribution is 2.42. The Hall–Kier alpha value is -3.92. The van der Waals surface area contributed by atoms with Crippen LogP contribution in [0.3, 0.4) is 0 Å². The lowest BCUT2D eigenvalue weighted by Gasteiger charge is -2.24. The van der Waals surface area contributed by atoms with Crippen molar-refractivity contribution in [1.82, 2.24) is 19.6 Å². The van der Waals surface area contributed by atoms with E-state index in [2.05, 4.69) is 15.1 Å². The van der Waals surface area contributed by atoms with E-state index in [4.69, 9.17) is 14.2 Å². The highest BCUT2D eigenvalue weighted by molar-refractivity contribution is 7.99. The highest BCUT2D eigenvalue weighted by atomic mass is 32.2. The van der Waals surface area contributed by atoms with Gasteiger partial charge in [0.15, 0.2) is 23.1 Å². The second-order valence-corrected chi connectivity index (χ2v) is 9.25. The lowest BCUT2D eigenvalue weighted by molar-refractivity contribution is 0.0961. The maximum Gasteiger partial charge on any atom is 0.253 e. The lowest BCUT2D eigenvalue weighted by atomic mass is 9.82. The Morgan fingerprint density at radius 2 is 1.75 bits per heavy atom. The molecule has 1 atom stereocenters. The number of carbonyl (C=O) groups excluding carboxylic acids is 2. The number of carbonyl (C=O) groups is 2. The van der Waals surface area contributed by atoms with Crippen LogP contribution in [0.1, 0.15) is 44.3 Å². The molecule has 0 spiro atoms. The van der Waals surface area contributed by atoms with Crippen LogP contribution < -0.4 is 14.2 Å². The molecule has 10 heteroatoms. The number of ether oxygens (including phenoxy) is 3. The van der Waals surface area contributed by atoms with Gasteiger partial charge < -0.3 is 14.2 Å². The molecule has 0 fully saturated rings. The molecule has 0 amide bonds. The molecular weight excluding hydrogens is 480 g/mol. The minimum atomic E-state index is -0.103. The van der Waals surface area contributed by atoms with E-state index in [-0.39, 0.29) is 23.2 Å². The van der Waals surface area contributed by atoms with Gasteiger partial charge in [0.05, 0.1) is 38.3 Å². The highest BCUT2D eigenvalue weighted by Gasteiger charge is 2.30. The minimum absolute atomic E-state index is 0.00456. The number of fused-ring (bicyclic) bond motifs is 2. The molecule has 0 N–H and O–H groups in total. The summed E-state index contributed by atoms with van der Waals surface area (Å²) >= 11 is 1.24. The molecule has 36 heavy (non-hydrogen) atoms. The van der Waals surface area contributed by atoms with Gasteiger partial charge in [-0.3, -0.25) is 9.59 Å². The first kappa shape index (κ1) is 23.8. The number of nitrogens with zero attached hydrogens (tertiary/aromatic N) is 4. The number of hydrogen-bond acceptors (Lipinski definition) is 9. The summed E-state index contributed by atoms with van der Waals surface area (Å²) in [4.78, 5) is 34.6. The Balaban J connectivity index is 1.39. The first-order valence-electron chi connectivity index (χ1n) is 11.3. The maximum absolute atomic E-state index is 13.1. The molecule has 0 saturated carbocycles. The largest absolute Gasteiger partial charge is 0.493 e. The van der Waals surface area contributed by atoms with Crippen molar-refractivity contribution in [3.8, 4) is 17.2 Å². The second-order valence-electron chi connectivity index (χ2n) is 8.31. The summed E-state index contributed by atoms with van der Waals surface area (Å²) in [5.41, 5.74) is 2.75. The van der Waals surface area contributed by atoms with Crippen LogP contribution in [0.4, 0.5) is 0 Å². The minimum Gasteiger partial charge on any atom is -0.493 e. The Morgan fingerprint density at radius 3 is 2.42 bits per heavy atom. The third kappa shape index (κ3) is 4.51. The molecular formula is C26H24N4O5S. The molecule has 9 nitrogen and oxygen atoms in total. The van der Waals surface area contributed by atoms with Gasteiger partial charge in [0.2, 0.25) is 10.9 Å². The molecule has 5 rings (SSSR count). The lowest BCUT2D eigenvalue weighted by Crippen LogP contribution is -2.21. The number of aromatic nitrogens is 4. The molecule has 4 aromatic rings. The number of Topliss-reactive ketones (excluding diaryl/α,β-unsaturated/α-hetero) is 2. The molecule has 2 aromatic heterocycles. The average molecular weight is 505 g/mol. The summed E-state index contributed by atoms with van der Waals surface area (Å²) in [7, 11) is 4.68. The number of methoxy groups -OCH3 is 3. The Bertz CT molecular complexity index is 1430. The van der Waals surface area contributed by atoms with Crippen LogP contribution in [0.25, 0.3) is 5.78 Å². The van der Waals surface area contributed by atoms with E-state index in [9.17, 15) is 9.59 Å². The average Bonchev–Trinajstić information content (AvgIpc) is 3.31. The quantitative estimate of drug-likeness (QED) is 0.260. The van der Waals surface area contributed by atoms with Crippen molar-refractivity contribution in [1.29, 1.82) is 0 Å². The van der Waals surface area contributed by atoms with E-state index in [1.807, 2.05) is 30.3 Å². The zero-order valence-corrected chi connectivity index (χ0v) is 20.9. The van der Waals surface area contributed by atoms with Crippen LogP contribution in [-0.2, 0) is 6.42 Å². The van der Waals surface area contributed by atoms with Crippen molar-refractivity contribution >= 4 is 29.1 Å². The number of thioether (sulfide) groups is 1. The Kier molecular flexibility index (Phi) is 6.60. The smallest absolute Gasteiger partial charge is 0.253 e. The van der Waals surface area contributed by atoms with Crippen molar-refractivity contribution in [3.63, 3.8) is 0 Å². The van der Waals surface area contributed by atoms with E-state index in [1.165, 1.54) is 16.3 Å². The molecule has 0 saturated heterocycles. The van der Waals surface area contributed by atoms with E-state index < -0.39 is 0 Å². The van der Waals surface area contributed by atoms with Gasteiger partial charge in [0, 0.05) is 18.2 Å². The fourth-order valence-electron chi connectivity index (χ4n) is 4.34. The van der Waals surface area contributed by atoms with E-state index in [1.54, 1.807) is 39.7 Å². The van der Waals surface area contributed by atoms with Gasteiger partial charge in [-0.2, -0.15) is 4.98 Å². The van der Waals surface area contributed by atoms with E-state index in [0.29, 0.717) is 57.8 Å². The maximum atomic E-state index is 13.1. The summed E-state index contributed by atoms with van der Waals surface area (Å²) in [6.45, 7) is 0. The van der Waals surface area contributed by atoms with Gasteiger partial charge in [-0.15, -0.1) is 5.10 Å². The third-order valence-electron chi connectivity index (χ3n) is 6.15. The molecule has 1 aliphatic rings. The van der Waals surface area contributed by atoms with E-state index in [0.717, 1.165) is 5.56 Å². The molecule has 0 radical (unpaired) electrons. The van der Waals surface area contributed by atoms with Gasteiger partial charge in [-0.1, -0.05) is 42.1 Å². The van der Waals surface area contributed by atoms with Crippen LogP contribution >= 0.6 is 11.8 Å². The molecule has 0 bridgehead atoms. The number of rotatable bonds is 8. The summed E-state index contributed by atoms with van der Waals surface area (Å²) in [6, 6.07) is 12.8. The Morgan fingerprint density at radius 1 is 1.03 bits per heavy atom. The van der Waals surface area contributed by atoms with Gasteiger partial charge in [0.25, 0.3) is 5.78 Å². The first-order valence-corrected chi connectivity index (χ1v) is 12.3. The van der Waals surface area contributed by atoms with E-state index >= 15 is 0 Å². The van der Waals surface area contributed by atoms with Crippen LogP contribution in [0.5, 0.6) is 17.2 Å². The third-order valence-corrected chi connectivity index (χ3v) is 6.99. The summed E-state index contributed by atoms with van der Waals surface area (Å²) in [5.74, 6) is 2.06.